The molecule has 4 nitrogen and oxygen atoms in total. The summed E-state index contributed by atoms with van der Waals surface area (Å²) < 4.78 is 10.4. The zero-order valence-corrected chi connectivity index (χ0v) is 14.2. The summed E-state index contributed by atoms with van der Waals surface area (Å²) in [5.41, 5.74) is 1.71. The van der Waals surface area contributed by atoms with Gasteiger partial charge in [0.25, 0.3) is 0 Å². The number of rotatable bonds is 7. The molecular formula is C18H28O4. The van der Waals surface area contributed by atoms with Crippen molar-refractivity contribution in [3.8, 4) is 0 Å². The smallest absolute Gasteiger partial charge is 0.344 e. The predicted molar refractivity (Wildman–Crippen MR) is 86.2 cm³/mol. The van der Waals surface area contributed by atoms with Gasteiger partial charge >= 0.3 is 11.9 Å². The second-order valence-corrected chi connectivity index (χ2v) is 6.18. The van der Waals surface area contributed by atoms with E-state index in [1.165, 1.54) is 5.57 Å². The summed E-state index contributed by atoms with van der Waals surface area (Å²) in [6, 6.07) is 0. The highest BCUT2D eigenvalue weighted by Gasteiger charge is 2.27. The van der Waals surface area contributed by atoms with Crippen molar-refractivity contribution >= 4 is 11.9 Å². The Morgan fingerprint density at radius 1 is 1.41 bits per heavy atom. The summed E-state index contributed by atoms with van der Waals surface area (Å²) in [5, 5.41) is 0. The molecule has 0 bridgehead atoms. The predicted octanol–water partition coefficient (Wildman–Crippen LogP) is 3.81. The third-order valence-corrected chi connectivity index (χ3v) is 4.02. The van der Waals surface area contributed by atoms with Crippen molar-refractivity contribution in [1.82, 2.24) is 0 Å². The molecule has 0 saturated carbocycles. The lowest BCUT2D eigenvalue weighted by Gasteiger charge is -2.31. The Labute approximate surface area is 133 Å². The molecule has 0 heterocycles. The quantitative estimate of drug-likeness (QED) is 0.408. The van der Waals surface area contributed by atoms with Crippen LogP contribution in [-0.2, 0) is 19.1 Å². The molecule has 1 aliphatic rings. The van der Waals surface area contributed by atoms with Gasteiger partial charge in [0, 0.05) is 11.5 Å². The molecule has 1 aliphatic carbocycles. The van der Waals surface area contributed by atoms with Gasteiger partial charge in [0.1, 0.15) is 6.10 Å². The van der Waals surface area contributed by atoms with Gasteiger partial charge in [0.05, 0.1) is 0 Å². The largest absolute Gasteiger partial charge is 0.459 e. The van der Waals surface area contributed by atoms with Gasteiger partial charge in [0.2, 0.25) is 0 Å². The van der Waals surface area contributed by atoms with Crippen LogP contribution in [0.2, 0.25) is 0 Å². The minimum absolute atomic E-state index is 0.152. The lowest BCUT2D eigenvalue weighted by Crippen LogP contribution is -2.30. The normalized spacial score (nSPS) is 22.5. The van der Waals surface area contributed by atoms with Crippen LogP contribution in [0.5, 0.6) is 0 Å². The maximum Gasteiger partial charge on any atom is 0.344 e. The molecule has 0 radical (unpaired) electrons. The van der Waals surface area contributed by atoms with E-state index in [4.69, 9.17) is 9.47 Å². The molecule has 1 rings (SSSR count). The number of ether oxygens (including phenoxy) is 2. The van der Waals surface area contributed by atoms with Gasteiger partial charge in [-0.05, 0) is 38.5 Å². The number of hydrogen-bond donors (Lipinski definition) is 0. The van der Waals surface area contributed by atoms with Gasteiger partial charge in [-0.25, -0.2) is 9.59 Å². The van der Waals surface area contributed by atoms with Crippen LogP contribution in [-0.4, -0.2) is 24.6 Å². The van der Waals surface area contributed by atoms with Crippen LogP contribution < -0.4 is 0 Å². The third-order valence-electron chi connectivity index (χ3n) is 4.02. The van der Waals surface area contributed by atoms with E-state index in [0.29, 0.717) is 5.92 Å². The molecule has 0 spiro atoms. The van der Waals surface area contributed by atoms with Crippen LogP contribution >= 0.6 is 0 Å². The van der Waals surface area contributed by atoms with Gasteiger partial charge in [0.15, 0.2) is 6.61 Å². The molecule has 0 aromatic rings. The first-order valence-corrected chi connectivity index (χ1v) is 8.08. The SMILES string of the molecule is C=C(C)C(=O)OCC(=O)OC(CC)C1C=C(CC)CC(C)C1. The van der Waals surface area contributed by atoms with E-state index in [2.05, 4.69) is 26.5 Å². The van der Waals surface area contributed by atoms with E-state index in [9.17, 15) is 9.59 Å². The van der Waals surface area contributed by atoms with Gasteiger partial charge < -0.3 is 9.47 Å². The van der Waals surface area contributed by atoms with Crippen molar-refractivity contribution in [3.63, 3.8) is 0 Å². The van der Waals surface area contributed by atoms with Crippen molar-refractivity contribution < 1.29 is 19.1 Å². The van der Waals surface area contributed by atoms with Crippen LogP contribution in [0.3, 0.4) is 0 Å². The fourth-order valence-corrected chi connectivity index (χ4v) is 2.88. The van der Waals surface area contributed by atoms with Crippen molar-refractivity contribution in [2.45, 2.75) is 59.5 Å². The number of hydrogen-bond acceptors (Lipinski definition) is 4. The Morgan fingerprint density at radius 3 is 2.64 bits per heavy atom. The molecular weight excluding hydrogens is 280 g/mol. The number of esters is 2. The Bertz CT molecular complexity index is 450. The minimum atomic E-state index is -0.565. The maximum absolute atomic E-state index is 11.9. The first-order chi connectivity index (χ1) is 10.4. The molecule has 3 atom stereocenters. The number of carbonyl (C=O) groups excluding carboxylic acids is 2. The fourth-order valence-electron chi connectivity index (χ4n) is 2.88. The summed E-state index contributed by atoms with van der Waals surface area (Å²) >= 11 is 0. The molecule has 0 aromatic heterocycles. The van der Waals surface area contributed by atoms with Crippen LogP contribution in [0, 0.1) is 11.8 Å². The zero-order chi connectivity index (χ0) is 16.7. The Morgan fingerprint density at radius 2 is 2.09 bits per heavy atom. The lowest BCUT2D eigenvalue weighted by molar-refractivity contribution is -0.162. The first-order valence-electron chi connectivity index (χ1n) is 8.08. The Hall–Kier alpha value is -1.58. The second kappa shape index (κ2) is 8.76. The van der Waals surface area contributed by atoms with Crippen LogP contribution in [0.1, 0.15) is 53.4 Å². The van der Waals surface area contributed by atoms with Gasteiger partial charge in [-0.1, -0.05) is 39.0 Å². The highest BCUT2D eigenvalue weighted by atomic mass is 16.6. The topological polar surface area (TPSA) is 52.6 Å². The molecule has 22 heavy (non-hydrogen) atoms. The van der Waals surface area contributed by atoms with E-state index in [0.717, 1.165) is 25.7 Å². The van der Waals surface area contributed by atoms with Crippen molar-refractivity contribution in [1.29, 1.82) is 0 Å². The molecule has 3 unspecified atom stereocenters. The van der Waals surface area contributed by atoms with E-state index in [1.807, 2.05) is 6.92 Å². The van der Waals surface area contributed by atoms with E-state index in [-0.39, 0.29) is 24.2 Å². The van der Waals surface area contributed by atoms with Crippen molar-refractivity contribution in [3.05, 3.63) is 23.8 Å². The molecule has 0 saturated heterocycles. The molecule has 0 N–H and O–H groups in total. The molecule has 124 valence electrons. The van der Waals surface area contributed by atoms with Crippen molar-refractivity contribution in [2.75, 3.05) is 6.61 Å². The maximum atomic E-state index is 11.9. The summed E-state index contributed by atoms with van der Waals surface area (Å²) in [5.74, 6) is -0.195. The van der Waals surface area contributed by atoms with Crippen molar-refractivity contribution in [2.24, 2.45) is 11.8 Å². The highest BCUT2D eigenvalue weighted by molar-refractivity contribution is 5.88. The molecule has 0 fully saturated rings. The zero-order valence-electron chi connectivity index (χ0n) is 14.2. The third kappa shape index (κ3) is 5.66. The molecule has 0 aliphatic heterocycles. The Balaban J connectivity index is 2.58. The monoisotopic (exact) mass is 308 g/mol. The fraction of sp³-hybridized carbons (Fsp3) is 0.667. The lowest BCUT2D eigenvalue weighted by atomic mass is 9.79. The van der Waals surface area contributed by atoms with E-state index in [1.54, 1.807) is 6.92 Å². The second-order valence-electron chi connectivity index (χ2n) is 6.18. The molecule has 0 amide bonds. The average Bonchev–Trinajstić information content (AvgIpc) is 2.49. The molecule has 4 heteroatoms. The first kappa shape index (κ1) is 18.5. The van der Waals surface area contributed by atoms with Crippen LogP contribution in [0.25, 0.3) is 0 Å². The van der Waals surface area contributed by atoms with Gasteiger partial charge in [-0.3, -0.25) is 0 Å². The van der Waals surface area contributed by atoms with Gasteiger partial charge in [-0.2, -0.15) is 0 Å². The standard InChI is InChI=1S/C18H28O4/c1-6-14-8-13(5)9-15(10-14)16(7-2)22-17(19)11-21-18(20)12(3)4/h10,13,15-16H,3,6-9,11H2,1-2,4-5H3. The van der Waals surface area contributed by atoms with E-state index < -0.39 is 11.9 Å². The number of allylic oxidation sites excluding steroid dienone is 1. The minimum Gasteiger partial charge on any atom is -0.459 e. The summed E-state index contributed by atoms with van der Waals surface area (Å²) in [4.78, 5) is 23.2. The molecule has 0 aromatic carbocycles. The summed E-state index contributed by atoms with van der Waals surface area (Å²) in [6.45, 7) is 11.1. The van der Waals surface area contributed by atoms with Crippen LogP contribution in [0.4, 0.5) is 0 Å². The summed E-state index contributed by atoms with van der Waals surface area (Å²) in [6.07, 6.45) is 6.07. The highest BCUT2D eigenvalue weighted by Crippen LogP contribution is 2.33. The summed E-state index contributed by atoms with van der Waals surface area (Å²) in [7, 11) is 0. The number of carbonyl (C=O) groups is 2. The van der Waals surface area contributed by atoms with Crippen LogP contribution in [0.15, 0.2) is 23.8 Å². The van der Waals surface area contributed by atoms with E-state index >= 15 is 0 Å². The average molecular weight is 308 g/mol. The van der Waals surface area contributed by atoms with Gasteiger partial charge in [-0.15, -0.1) is 0 Å². The Kier molecular flexibility index (Phi) is 7.36.